The van der Waals surface area contributed by atoms with Crippen molar-refractivity contribution in [3.8, 4) is 5.75 Å². The summed E-state index contributed by atoms with van der Waals surface area (Å²) in [6.07, 6.45) is 8.12. The molecule has 32 heavy (non-hydrogen) atoms. The quantitative estimate of drug-likeness (QED) is 0.606. The van der Waals surface area contributed by atoms with Crippen LogP contribution in [0.2, 0.25) is 0 Å². The average Bonchev–Trinajstić information content (AvgIpc) is 3.66. The Morgan fingerprint density at radius 3 is 2.38 bits per heavy atom. The fourth-order valence-corrected chi connectivity index (χ4v) is 5.13. The Morgan fingerprint density at radius 2 is 1.75 bits per heavy atom. The lowest BCUT2D eigenvalue weighted by Crippen LogP contribution is -2.42. The maximum Gasteiger partial charge on any atom is 0.410 e. The van der Waals surface area contributed by atoms with Gasteiger partial charge in [-0.25, -0.2) is 4.79 Å². The van der Waals surface area contributed by atoms with Crippen LogP contribution in [0.1, 0.15) is 57.4 Å². The van der Waals surface area contributed by atoms with Crippen molar-refractivity contribution in [2.45, 2.75) is 63.9 Å². The Kier molecular flexibility index (Phi) is 6.04. The molecular weight excluding hydrogens is 404 g/mol. The zero-order valence-corrected chi connectivity index (χ0v) is 19.3. The van der Waals surface area contributed by atoms with E-state index in [0.29, 0.717) is 6.42 Å². The highest BCUT2D eigenvalue weighted by Gasteiger charge is 2.45. The monoisotopic (exact) mass is 440 g/mol. The first-order valence-electron chi connectivity index (χ1n) is 12.5. The fraction of sp³-hybridized carbons (Fsp3) is 0.692. The fourth-order valence-electron chi connectivity index (χ4n) is 5.13. The van der Waals surface area contributed by atoms with Crippen molar-refractivity contribution >= 4 is 12.0 Å². The first-order chi connectivity index (χ1) is 15.5. The number of hydrogen-bond acceptors (Lipinski definition) is 4. The molecule has 2 atom stereocenters. The van der Waals surface area contributed by atoms with E-state index in [1.54, 1.807) is 0 Å². The lowest BCUT2D eigenvalue weighted by Gasteiger charge is -2.32. The molecular formula is C26H36N2O4. The van der Waals surface area contributed by atoms with Gasteiger partial charge in [0.2, 0.25) is 5.91 Å². The molecule has 2 aliphatic carbocycles. The largest absolute Gasteiger partial charge is 0.494 e. The van der Waals surface area contributed by atoms with Crippen molar-refractivity contribution in [1.82, 2.24) is 9.80 Å². The predicted octanol–water partition coefficient (Wildman–Crippen LogP) is 4.27. The summed E-state index contributed by atoms with van der Waals surface area (Å²) >= 11 is 0. The summed E-state index contributed by atoms with van der Waals surface area (Å²) in [4.78, 5) is 28.2. The maximum absolute atomic E-state index is 12.3. The lowest BCUT2D eigenvalue weighted by molar-refractivity contribution is -0.133. The highest BCUT2D eigenvalue weighted by atomic mass is 16.6. The standard InChI is InChI=1S/C26H36N2O4/c1-26(10-11-26)32-25(30)28-14-7-20(8-15-28)23-18-21(23)9-16-31-22-5-3-19(4-6-22)17-24(29)27-12-2-13-27/h3-6,20-21,23H,2,7-18H2,1H3/t21-,23-/m1/s1. The van der Waals surface area contributed by atoms with E-state index < -0.39 is 0 Å². The van der Waals surface area contributed by atoms with E-state index in [2.05, 4.69) is 0 Å². The number of piperidine rings is 1. The normalized spacial score (nSPS) is 26.3. The Hall–Kier alpha value is -2.24. The van der Waals surface area contributed by atoms with Crippen molar-refractivity contribution in [3.05, 3.63) is 29.8 Å². The molecule has 0 N–H and O–H groups in total. The molecule has 2 amide bonds. The number of rotatable bonds is 8. The molecule has 2 heterocycles. The van der Waals surface area contributed by atoms with Gasteiger partial charge in [0, 0.05) is 26.2 Å². The Morgan fingerprint density at radius 1 is 1.03 bits per heavy atom. The molecule has 0 bridgehead atoms. The highest BCUT2D eigenvalue weighted by molar-refractivity contribution is 5.79. The van der Waals surface area contributed by atoms with Gasteiger partial charge in [-0.2, -0.15) is 0 Å². The van der Waals surface area contributed by atoms with E-state index >= 15 is 0 Å². The molecule has 0 unspecified atom stereocenters. The first kappa shape index (κ1) is 21.6. The van der Waals surface area contributed by atoms with E-state index in [1.165, 1.54) is 6.42 Å². The zero-order chi connectivity index (χ0) is 22.1. The van der Waals surface area contributed by atoms with Gasteiger partial charge in [-0.1, -0.05) is 12.1 Å². The summed E-state index contributed by atoms with van der Waals surface area (Å²) in [5.41, 5.74) is 0.875. The summed E-state index contributed by atoms with van der Waals surface area (Å²) < 4.78 is 11.6. The molecule has 4 aliphatic rings. The van der Waals surface area contributed by atoms with E-state index in [1.807, 2.05) is 41.0 Å². The van der Waals surface area contributed by atoms with Gasteiger partial charge < -0.3 is 19.3 Å². The molecule has 2 saturated heterocycles. The minimum Gasteiger partial charge on any atom is -0.494 e. The van der Waals surface area contributed by atoms with Crippen molar-refractivity contribution < 1.29 is 19.1 Å². The Balaban J connectivity index is 0.973. The minimum absolute atomic E-state index is 0.111. The van der Waals surface area contributed by atoms with Crippen LogP contribution in [0.25, 0.3) is 0 Å². The Bertz CT molecular complexity index is 823. The SMILES string of the molecule is CC1(OC(=O)N2CCC([C@H]3C[C@H]3CCOc3ccc(CC(=O)N4CCC4)cc3)CC2)CC1. The van der Waals surface area contributed by atoms with E-state index in [0.717, 1.165) is 100 Å². The lowest BCUT2D eigenvalue weighted by atomic mass is 9.91. The number of nitrogens with zero attached hydrogens (tertiary/aromatic N) is 2. The van der Waals surface area contributed by atoms with E-state index in [-0.39, 0.29) is 17.6 Å². The van der Waals surface area contributed by atoms with Gasteiger partial charge in [0.25, 0.3) is 0 Å². The second-order valence-corrected chi connectivity index (χ2v) is 10.5. The van der Waals surface area contributed by atoms with Crippen LogP contribution in [0.3, 0.4) is 0 Å². The van der Waals surface area contributed by atoms with E-state index in [4.69, 9.17) is 9.47 Å². The molecule has 5 rings (SSSR count). The number of hydrogen-bond donors (Lipinski definition) is 0. The molecule has 2 aliphatic heterocycles. The van der Waals surface area contributed by atoms with Crippen LogP contribution in [-0.4, -0.2) is 60.2 Å². The summed E-state index contributed by atoms with van der Waals surface area (Å²) in [6, 6.07) is 7.99. The summed E-state index contributed by atoms with van der Waals surface area (Å²) in [6.45, 7) is 6.27. The van der Waals surface area contributed by atoms with Gasteiger partial charge in [0.15, 0.2) is 0 Å². The van der Waals surface area contributed by atoms with Crippen LogP contribution in [0.15, 0.2) is 24.3 Å². The summed E-state index contributed by atoms with van der Waals surface area (Å²) in [5.74, 6) is 3.41. The third-order valence-electron chi connectivity index (χ3n) is 7.91. The van der Waals surface area contributed by atoms with Crippen LogP contribution in [-0.2, 0) is 16.0 Å². The van der Waals surface area contributed by atoms with Gasteiger partial charge >= 0.3 is 6.09 Å². The van der Waals surface area contributed by atoms with Gasteiger partial charge in [-0.15, -0.1) is 0 Å². The smallest absolute Gasteiger partial charge is 0.410 e. The third-order valence-corrected chi connectivity index (χ3v) is 7.91. The van der Waals surface area contributed by atoms with Crippen molar-refractivity contribution in [1.29, 1.82) is 0 Å². The van der Waals surface area contributed by atoms with Crippen LogP contribution >= 0.6 is 0 Å². The minimum atomic E-state index is -0.179. The molecule has 6 nitrogen and oxygen atoms in total. The van der Waals surface area contributed by atoms with Crippen molar-refractivity contribution in [3.63, 3.8) is 0 Å². The van der Waals surface area contributed by atoms with Gasteiger partial charge in [0.1, 0.15) is 11.4 Å². The molecule has 174 valence electrons. The van der Waals surface area contributed by atoms with Crippen molar-refractivity contribution in [2.24, 2.45) is 17.8 Å². The maximum atomic E-state index is 12.3. The molecule has 1 aromatic rings. The average molecular weight is 441 g/mol. The van der Waals surface area contributed by atoms with Crippen LogP contribution < -0.4 is 4.74 Å². The molecule has 1 aromatic carbocycles. The zero-order valence-electron chi connectivity index (χ0n) is 19.3. The highest BCUT2D eigenvalue weighted by Crippen LogP contribution is 2.50. The van der Waals surface area contributed by atoms with E-state index in [9.17, 15) is 9.59 Å². The topological polar surface area (TPSA) is 59.1 Å². The van der Waals surface area contributed by atoms with Gasteiger partial charge in [0.05, 0.1) is 13.0 Å². The predicted molar refractivity (Wildman–Crippen MR) is 121 cm³/mol. The number of carbonyl (C=O) groups excluding carboxylic acids is 2. The molecule has 0 spiro atoms. The third kappa shape index (κ3) is 5.21. The van der Waals surface area contributed by atoms with Crippen LogP contribution in [0, 0.1) is 17.8 Å². The second-order valence-electron chi connectivity index (χ2n) is 10.5. The molecule has 0 radical (unpaired) electrons. The van der Waals surface area contributed by atoms with Gasteiger partial charge in [-0.3, -0.25) is 4.79 Å². The molecule has 2 saturated carbocycles. The van der Waals surface area contributed by atoms with Crippen LogP contribution in [0.4, 0.5) is 4.79 Å². The number of likely N-dealkylation sites (tertiary alicyclic amines) is 2. The number of benzene rings is 1. The number of carbonyl (C=O) groups is 2. The number of amides is 2. The first-order valence-corrected chi connectivity index (χ1v) is 12.5. The van der Waals surface area contributed by atoms with Crippen LogP contribution in [0.5, 0.6) is 5.75 Å². The number of ether oxygens (including phenoxy) is 2. The van der Waals surface area contributed by atoms with Crippen molar-refractivity contribution in [2.75, 3.05) is 32.8 Å². The molecule has 6 heteroatoms. The molecule has 4 fully saturated rings. The van der Waals surface area contributed by atoms with Gasteiger partial charge in [-0.05, 0) is 87.3 Å². The molecule has 0 aromatic heterocycles. The second kappa shape index (κ2) is 8.95. The Labute approximate surface area is 191 Å². The summed E-state index contributed by atoms with van der Waals surface area (Å²) in [5, 5.41) is 0. The summed E-state index contributed by atoms with van der Waals surface area (Å²) in [7, 11) is 0.